The Bertz CT molecular complexity index is 604. The molecule has 0 aliphatic heterocycles. The molecule has 5 heteroatoms. The van der Waals surface area contributed by atoms with E-state index in [1.165, 1.54) is 0 Å². The van der Waals surface area contributed by atoms with Gasteiger partial charge in [-0.15, -0.1) is 0 Å². The lowest BCUT2D eigenvalue weighted by Gasteiger charge is -2.13. The number of rotatable bonds is 5. The van der Waals surface area contributed by atoms with Crippen molar-refractivity contribution in [2.24, 2.45) is 5.92 Å². The van der Waals surface area contributed by atoms with Crippen molar-refractivity contribution in [2.75, 3.05) is 6.61 Å². The quantitative estimate of drug-likeness (QED) is 0.864. The molecule has 0 spiro atoms. The van der Waals surface area contributed by atoms with Crippen molar-refractivity contribution < 1.29 is 15.0 Å². The number of nitrogens with zero attached hydrogens (tertiary/aromatic N) is 2. The van der Waals surface area contributed by atoms with Crippen molar-refractivity contribution in [1.82, 2.24) is 9.55 Å². The number of imidazole rings is 1. The number of aromatic carboxylic acids is 1. The van der Waals surface area contributed by atoms with Gasteiger partial charge in [0.15, 0.2) is 0 Å². The molecule has 0 saturated heterocycles. The number of benzene rings is 1. The van der Waals surface area contributed by atoms with E-state index < -0.39 is 5.97 Å². The second-order valence-corrected chi connectivity index (χ2v) is 4.90. The van der Waals surface area contributed by atoms with Gasteiger partial charge in [0, 0.05) is 13.2 Å². The number of carboxylic acids is 1. The van der Waals surface area contributed by atoms with Gasteiger partial charge in [-0.3, -0.25) is 0 Å². The van der Waals surface area contributed by atoms with E-state index in [0.29, 0.717) is 5.92 Å². The van der Waals surface area contributed by atoms with Gasteiger partial charge in [-0.1, -0.05) is 6.92 Å². The Balaban J connectivity index is 2.43. The molecule has 2 N–H and O–H groups in total. The summed E-state index contributed by atoms with van der Waals surface area (Å²) in [4.78, 5) is 15.5. The van der Waals surface area contributed by atoms with Crippen molar-refractivity contribution in [3.63, 3.8) is 0 Å². The molecule has 2 rings (SSSR count). The maximum atomic E-state index is 11.0. The molecule has 1 unspecified atom stereocenters. The number of carbonyl (C=O) groups is 1. The lowest BCUT2D eigenvalue weighted by Crippen LogP contribution is -2.10. The molecule has 19 heavy (non-hydrogen) atoms. The molecule has 2 aromatic rings. The highest BCUT2D eigenvalue weighted by Gasteiger charge is 2.13. The summed E-state index contributed by atoms with van der Waals surface area (Å²) in [5, 5.41) is 18.0. The number of hydrogen-bond donors (Lipinski definition) is 2. The number of hydrogen-bond acceptors (Lipinski definition) is 3. The summed E-state index contributed by atoms with van der Waals surface area (Å²) in [7, 11) is 0. The van der Waals surface area contributed by atoms with E-state index in [0.717, 1.165) is 29.8 Å². The molecule has 1 heterocycles. The van der Waals surface area contributed by atoms with Gasteiger partial charge in [0.2, 0.25) is 0 Å². The van der Waals surface area contributed by atoms with E-state index >= 15 is 0 Å². The molecule has 0 bridgehead atoms. The first kappa shape index (κ1) is 13.5. The van der Waals surface area contributed by atoms with Crippen LogP contribution in [0, 0.1) is 12.8 Å². The van der Waals surface area contributed by atoms with E-state index in [1.807, 2.05) is 11.5 Å². The monoisotopic (exact) mass is 262 g/mol. The number of aromatic nitrogens is 2. The zero-order valence-corrected chi connectivity index (χ0v) is 11.1. The number of aryl methyl sites for hydroxylation is 1. The molecule has 0 fully saturated rings. The Morgan fingerprint density at radius 3 is 2.84 bits per heavy atom. The Kier molecular flexibility index (Phi) is 3.85. The van der Waals surface area contributed by atoms with Crippen LogP contribution < -0.4 is 0 Å². The third-order valence-corrected chi connectivity index (χ3v) is 3.30. The fraction of sp³-hybridized carbons (Fsp3) is 0.429. The van der Waals surface area contributed by atoms with Crippen LogP contribution in [-0.2, 0) is 6.54 Å². The molecule has 0 amide bonds. The van der Waals surface area contributed by atoms with Gasteiger partial charge in [-0.25, -0.2) is 9.78 Å². The lowest BCUT2D eigenvalue weighted by atomic mass is 10.1. The molecule has 0 aliphatic rings. The van der Waals surface area contributed by atoms with E-state index in [2.05, 4.69) is 11.9 Å². The molecule has 1 aromatic heterocycles. The summed E-state index contributed by atoms with van der Waals surface area (Å²) < 4.78 is 2.02. The minimum Gasteiger partial charge on any atom is -0.478 e. The predicted octanol–water partition coefficient (Wildman–Crippen LogP) is 2.06. The van der Waals surface area contributed by atoms with E-state index in [9.17, 15) is 4.79 Å². The number of fused-ring (bicyclic) bond motifs is 1. The SMILES string of the molecule is Cc1nc2ccc(C(=O)O)cc2n1CC(C)CCO. The van der Waals surface area contributed by atoms with Crippen molar-refractivity contribution in [2.45, 2.75) is 26.8 Å². The molecular weight excluding hydrogens is 244 g/mol. The summed E-state index contributed by atoms with van der Waals surface area (Å²) in [5.41, 5.74) is 1.91. The van der Waals surface area contributed by atoms with Gasteiger partial charge in [0.25, 0.3) is 0 Å². The molecule has 0 radical (unpaired) electrons. The Hall–Kier alpha value is -1.88. The van der Waals surface area contributed by atoms with Crippen LogP contribution in [0.2, 0.25) is 0 Å². The van der Waals surface area contributed by atoms with E-state index in [4.69, 9.17) is 10.2 Å². The highest BCUT2D eigenvalue weighted by atomic mass is 16.4. The van der Waals surface area contributed by atoms with Gasteiger partial charge in [0.1, 0.15) is 5.82 Å². The third kappa shape index (κ3) is 2.76. The minimum atomic E-state index is -0.935. The summed E-state index contributed by atoms with van der Waals surface area (Å²) in [5.74, 6) is 0.243. The first-order valence-corrected chi connectivity index (χ1v) is 6.34. The largest absolute Gasteiger partial charge is 0.478 e. The Morgan fingerprint density at radius 2 is 2.21 bits per heavy atom. The lowest BCUT2D eigenvalue weighted by molar-refractivity contribution is 0.0697. The topological polar surface area (TPSA) is 75.3 Å². The summed E-state index contributed by atoms with van der Waals surface area (Å²) >= 11 is 0. The average molecular weight is 262 g/mol. The maximum absolute atomic E-state index is 11.0. The van der Waals surface area contributed by atoms with Crippen LogP contribution in [0.5, 0.6) is 0 Å². The molecule has 5 nitrogen and oxygen atoms in total. The average Bonchev–Trinajstić information content (AvgIpc) is 2.65. The van der Waals surface area contributed by atoms with Crippen LogP contribution in [0.4, 0.5) is 0 Å². The molecule has 1 aromatic carbocycles. The Labute approximate surface area is 111 Å². The van der Waals surface area contributed by atoms with Crippen LogP contribution in [0.1, 0.15) is 29.5 Å². The number of carboxylic acid groups (broad SMARTS) is 1. The van der Waals surface area contributed by atoms with Crippen molar-refractivity contribution >= 4 is 17.0 Å². The minimum absolute atomic E-state index is 0.160. The molecule has 102 valence electrons. The smallest absolute Gasteiger partial charge is 0.335 e. The summed E-state index contributed by atoms with van der Waals surface area (Å²) in [6.07, 6.45) is 0.720. The summed E-state index contributed by atoms with van der Waals surface area (Å²) in [6, 6.07) is 4.96. The van der Waals surface area contributed by atoms with E-state index in [-0.39, 0.29) is 12.2 Å². The second-order valence-electron chi connectivity index (χ2n) is 4.90. The fourth-order valence-corrected chi connectivity index (χ4v) is 2.23. The summed E-state index contributed by atoms with van der Waals surface area (Å²) in [6.45, 7) is 4.85. The van der Waals surface area contributed by atoms with Crippen molar-refractivity contribution in [1.29, 1.82) is 0 Å². The zero-order valence-electron chi connectivity index (χ0n) is 11.1. The predicted molar refractivity (Wildman–Crippen MR) is 72.3 cm³/mol. The molecular formula is C14H18N2O3. The van der Waals surface area contributed by atoms with Crippen LogP contribution in [0.15, 0.2) is 18.2 Å². The van der Waals surface area contributed by atoms with Gasteiger partial charge in [-0.05, 0) is 37.5 Å². The molecule has 1 atom stereocenters. The maximum Gasteiger partial charge on any atom is 0.335 e. The first-order valence-electron chi connectivity index (χ1n) is 6.34. The standard InChI is InChI=1S/C14H18N2O3/c1-9(5-6-17)8-16-10(2)15-12-4-3-11(14(18)19)7-13(12)16/h3-4,7,9,17H,5-6,8H2,1-2H3,(H,18,19). The molecule has 0 aliphatic carbocycles. The zero-order chi connectivity index (χ0) is 14.0. The normalized spacial score (nSPS) is 12.8. The van der Waals surface area contributed by atoms with Crippen molar-refractivity contribution in [3.05, 3.63) is 29.6 Å². The third-order valence-electron chi connectivity index (χ3n) is 3.30. The van der Waals surface area contributed by atoms with Crippen LogP contribution in [-0.4, -0.2) is 32.3 Å². The first-order chi connectivity index (χ1) is 9.02. The van der Waals surface area contributed by atoms with Crippen molar-refractivity contribution in [3.8, 4) is 0 Å². The van der Waals surface area contributed by atoms with E-state index in [1.54, 1.807) is 18.2 Å². The van der Waals surface area contributed by atoms with Gasteiger partial charge >= 0.3 is 5.97 Å². The fourth-order valence-electron chi connectivity index (χ4n) is 2.23. The molecule has 0 saturated carbocycles. The van der Waals surface area contributed by atoms with Crippen LogP contribution in [0.25, 0.3) is 11.0 Å². The Morgan fingerprint density at radius 1 is 1.47 bits per heavy atom. The van der Waals surface area contributed by atoms with Gasteiger partial charge in [-0.2, -0.15) is 0 Å². The second kappa shape index (κ2) is 5.40. The van der Waals surface area contributed by atoms with Gasteiger partial charge in [0.05, 0.1) is 16.6 Å². The van der Waals surface area contributed by atoms with Gasteiger partial charge < -0.3 is 14.8 Å². The van der Waals surface area contributed by atoms with Crippen LogP contribution >= 0.6 is 0 Å². The highest BCUT2D eigenvalue weighted by Crippen LogP contribution is 2.20. The van der Waals surface area contributed by atoms with Crippen LogP contribution in [0.3, 0.4) is 0 Å². The number of aliphatic hydroxyl groups is 1. The number of aliphatic hydroxyl groups excluding tert-OH is 1. The highest BCUT2D eigenvalue weighted by molar-refractivity contribution is 5.92.